The molecule has 110 valence electrons. The number of likely N-dealkylation sites (tertiary alicyclic amines) is 1. The molecule has 2 rings (SSSR count). The van der Waals surface area contributed by atoms with Gasteiger partial charge in [0.25, 0.3) is 5.91 Å². The van der Waals surface area contributed by atoms with E-state index < -0.39 is 0 Å². The van der Waals surface area contributed by atoms with Gasteiger partial charge in [0.15, 0.2) is 0 Å². The summed E-state index contributed by atoms with van der Waals surface area (Å²) in [5.41, 5.74) is 6.86. The van der Waals surface area contributed by atoms with E-state index in [0.29, 0.717) is 17.8 Å². The Morgan fingerprint density at radius 1 is 1.40 bits per heavy atom. The Bertz CT molecular complexity index is 442. The summed E-state index contributed by atoms with van der Waals surface area (Å²) in [4.78, 5) is 14.2. The van der Waals surface area contributed by atoms with Crippen molar-refractivity contribution in [2.45, 2.75) is 25.4 Å². The first-order valence-electron chi connectivity index (χ1n) is 7.19. The highest BCUT2D eigenvalue weighted by molar-refractivity contribution is 5.94. The SMILES string of the molecule is Nc1cccc(C(=O)NCCCN2CCC(O)CC2)c1. The molecular formula is C15H23N3O2. The third-order valence-electron chi connectivity index (χ3n) is 3.64. The van der Waals surface area contributed by atoms with E-state index in [0.717, 1.165) is 38.9 Å². The summed E-state index contributed by atoms with van der Waals surface area (Å²) in [6.45, 7) is 3.52. The highest BCUT2D eigenvalue weighted by Gasteiger charge is 2.16. The lowest BCUT2D eigenvalue weighted by molar-refractivity contribution is 0.0816. The highest BCUT2D eigenvalue weighted by Crippen LogP contribution is 2.10. The summed E-state index contributed by atoms with van der Waals surface area (Å²) >= 11 is 0. The largest absolute Gasteiger partial charge is 0.399 e. The van der Waals surface area contributed by atoms with Gasteiger partial charge in [-0.05, 0) is 44.0 Å². The molecule has 1 fully saturated rings. The normalized spacial score (nSPS) is 17.1. The molecule has 5 nitrogen and oxygen atoms in total. The summed E-state index contributed by atoms with van der Waals surface area (Å²) in [5.74, 6) is -0.0774. The average molecular weight is 277 g/mol. The van der Waals surface area contributed by atoms with E-state index in [1.165, 1.54) is 0 Å². The van der Waals surface area contributed by atoms with Crippen LogP contribution >= 0.6 is 0 Å². The molecule has 1 aromatic carbocycles. The van der Waals surface area contributed by atoms with Crippen LogP contribution in [0.15, 0.2) is 24.3 Å². The molecule has 0 atom stereocenters. The van der Waals surface area contributed by atoms with Gasteiger partial charge in [-0.1, -0.05) is 6.07 Å². The van der Waals surface area contributed by atoms with Crippen molar-refractivity contribution in [1.29, 1.82) is 0 Å². The minimum Gasteiger partial charge on any atom is -0.399 e. The van der Waals surface area contributed by atoms with Gasteiger partial charge in [-0.25, -0.2) is 0 Å². The molecule has 0 bridgehead atoms. The maximum absolute atomic E-state index is 11.9. The minimum absolute atomic E-state index is 0.0774. The van der Waals surface area contributed by atoms with E-state index in [1.807, 2.05) is 0 Å². The van der Waals surface area contributed by atoms with Crippen molar-refractivity contribution in [2.24, 2.45) is 0 Å². The molecular weight excluding hydrogens is 254 g/mol. The van der Waals surface area contributed by atoms with Crippen molar-refractivity contribution in [3.63, 3.8) is 0 Å². The number of aliphatic hydroxyl groups excluding tert-OH is 1. The van der Waals surface area contributed by atoms with Crippen LogP contribution in [-0.4, -0.2) is 48.2 Å². The molecule has 0 aromatic heterocycles. The lowest BCUT2D eigenvalue weighted by atomic mass is 10.1. The average Bonchev–Trinajstić information content (AvgIpc) is 2.45. The molecule has 1 saturated heterocycles. The van der Waals surface area contributed by atoms with Gasteiger partial charge in [0.05, 0.1) is 6.10 Å². The summed E-state index contributed by atoms with van der Waals surface area (Å²) in [7, 11) is 0. The molecule has 1 aliphatic rings. The Morgan fingerprint density at radius 3 is 2.85 bits per heavy atom. The number of hydrogen-bond donors (Lipinski definition) is 3. The van der Waals surface area contributed by atoms with Gasteiger partial charge in [0, 0.05) is 30.9 Å². The molecule has 1 aliphatic heterocycles. The second-order valence-corrected chi connectivity index (χ2v) is 5.31. The van der Waals surface area contributed by atoms with Crippen LogP contribution in [0.5, 0.6) is 0 Å². The predicted octanol–water partition coefficient (Wildman–Crippen LogP) is 0.845. The number of piperidine rings is 1. The molecule has 1 aromatic rings. The molecule has 0 aliphatic carbocycles. The summed E-state index contributed by atoms with van der Waals surface area (Å²) in [6.07, 6.45) is 2.50. The van der Waals surface area contributed by atoms with E-state index in [-0.39, 0.29) is 12.0 Å². The number of hydrogen-bond acceptors (Lipinski definition) is 4. The first-order valence-corrected chi connectivity index (χ1v) is 7.19. The van der Waals surface area contributed by atoms with Crippen LogP contribution in [0.2, 0.25) is 0 Å². The standard InChI is InChI=1S/C15H23N3O2/c16-13-4-1-3-12(11-13)15(20)17-7-2-8-18-9-5-14(19)6-10-18/h1,3-4,11,14,19H,2,5-10,16H2,(H,17,20). The third-order valence-corrected chi connectivity index (χ3v) is 3.64. The molecule has 1 heterocycles. The molecule has 4 N–H and O–H groups in total. The third kappa shape index (κ3) is 4.51. The van der Waals surface area contributed by atoms with Crippen molar-refractivity contribution in [3.05, 3.63) is 29.8 Å². The molecule has 0 unspecified atom stereocenters. The van der Waals surface area contributed by atoms with Gasteiger partial charge in [-0.2, -0.15) is 0 Å². The van der Waals surface area contributed by atoms with Crippen LogP contribution in [0, 0.1) is 0 Å². The van der Waals surface area contributed by atoms with E-state index >= 15 is 0 Å². The summed E-state index contributed by atoms with van der Waals surface area (Å²) in [5, 5.41) is 12.3. The zero-order valence-corrected chi connectivity index (χ0v) is 11.7. The fourth-order valence-electron chi connectivity index (χ4n) is 2.43. The quantitative estimate of drug-likeness (QED) is 0.550. The summed E-state index contributed by atoms with van der Waals surface area (Å²) < 4.78 is 0. The van der Waals surface area contributed by atoms with Crippen molar-refractivity contribution in [2.75, 3.05) is 31.9 Å². The van der Waals surface area contributed by atoms with Gasteiger partial charge in [-0.3, -0.25) is 4.79 Å². The number of carbonyl (C=O) groups is 1. The monoisotopic (exact) mass is 277 g/mol. The van der Waals surface area contributed by atoms with E-state index in [9.17, 15) is 9.90 Å². The first-order chi connectivity index (χ1) is 9.65. The van der Waals surface area contributed by atoms with E-state index in [2.05, 4.69) is 10.2 Å². The molecule has 20 heavy (non-hydrogen) atoms. The van der Waals surface area contributed by atoms with Crippen molar-refractivity contribution in [1.82, 2.24) is 10.2 Å². The van der Waals surface area contributed by atoms with Crippen molar-refractivity contribution in [3.8, 4) is 0 Å². The molecule has 0 saturated carbocycles. The lowest BCUT2D eigenvalue weighted by Crippen LogP contribution is -2.37. The number of aliphatic hydroxyl groups is 1. The number of anilines is 1. The second kappa shape index (κ2) is 7.26. The van der Waals surface area contributed by atoms with Crippen molar-refractivity contribution >= 4 is 11.6 Å². The maximum Gasteiger partial charge on any atom is 0.251 e. The Labute approximate surface area is 119 Å². The number of benzene rings is 1. The zero-order valence-electron chi connectivity index (χ0n) is 11.7. The van der Waals surface area contributed by atoms with E-state index in [1.54, 1.807) is 24.3 Å². The van der Waals surface area contributed by atoms with Crippen LogP contribution in [0.4, 0.5) is 5.69 Å². The van der Waals surface area contributed by atoms with Crippen molar-refractivity contribution < 1.29 is 9.90 Å². The van der Waals surface area contributed by atoms with Gasteiger partial charge < -0.3 is 21.1 Å². The fourth-order valence-corrected chi connectivity index (χ4v) is 2.43. The Morgan fingerprint density at radius 2 is 2.15 bits per heavy atom. The number of carbonyl (C=O) groups excluding carboxylic acids is 1. The van der Waals surface area contributed by atoms with Gasteiger partial charge >= 0.3 is 0 Å². The van der Waals surface area contributed by atoms with Gasteiger partial charge in [0.2, 0.25) is 0 Å². The summed E-state index contributed by atoms with van der Waals surface area (Å²) in [6, 6.07) is 6.99. The van der Waals surface area contributed by atoms with Crippen LogP contribution in [0.3, 0.4) is 0 Å². The zero-order chi connectivity index (χ0) is 14.4. The van der Waals surface area contributed by atoms with E-state index in [4.69, 9.17) is 5.73 Å². The van der Waals surface area contributed by atoms with Crippen LogP contribution in [0.1, 0.15) is 29.6 Å². The van der Waals surface area contributed by atoms with Gasteiger partial charge in [0.1, 0.15) is 0 Å². The minimum atomic E-state index is -0.130. The number of amides is 1. The lowest BCUT2D eigenvalue weighted by Gasteiger charge is -2.29. The molecule has 5 heteroatoms. The number of nitrogens with zero attached hydrogens (tertiary/aromatic N) is 1. The van der Waals surface area contributed by atoms with Gasteiger partial charge in [-0.15, -0.1) is 0 Å². The smallest absolute Gasteiger partial charge is 0.251 e. The maximum atomic E-state index is 11.9. The second-order valence-electron chi connectivity index (χ2n) is 5.31. The number of nitrogens with two attached hydrogens (primary N) is 1. The molecule has 0 radical (unpaired) electrons. The topological polar surface area (TPSA) is 78.6 Å². The van der Waals surface area contributed by atoms with Crippen LogP contribution in [-0.2, 0) is 0 Å². The van der Waals surface area contributed by atoms with Crippen LogP contribution < -0.4 is 11.1 Å². The Balaban J connectivity index is 1.64. The highest BCUT2D eigenvalue weighted by atomic mass is 16.3. The number of rotatable bonds is 5. The molecule has 1 amide bonds. The fraction of sp³-hybridized carbons (Fsp3) is 0.533. The number of nitrogens with one attached hydrogen (secondary N) is 1. The Hall–Kier alpha value is -1.59. The number of nitrogen functional groups attached to an aromatic ring is 1. The molecule has 0 spiro atoms. The Kier molecular flexibility index (Phi) is 5.38. The first kappa shape index (κ1) is 14.8. The van der Waals surface area contributed by atoms with Crippen LogP contribution in [0.25, 0.3) is 0 Å². The predicted molar refractivity (Wildman–Crippen MR) is 79.5 cm³/mol.